The molecule has 1 aliphatic heterocycles. The summed E-state index contributed by atoms with van der Waals surface area (Å²) in [5.41, 5.74) is 2.58. The Balaban J connectivity index is 1.47. The number of amides is 2. The fourth-order valence-corrected chi connectivity index (χ4v) is 7.22. The van der Waals surface area contributed by atoms with Crippen LogP contribution in [0.15, 0.2) is 70.2 Å². The molecule has 182 valence electrons. The zero-order valence-corrected chi connectivity index (χ0v) is 20.9. The smallest absolute Gasteiger partial charge is 0.234 e. The molecule has 0 saturated carbocycles. The normalized spacial score (nSPS) is 27.6. The highest BCUT2D eigenvalue weighted by molar-refractivity contribution is 7.09. The van der Waals surface area contributed by atoms with Crippen molar-refractivity contribution in [1.82, 2.24) is 4.90 Å². The average molecular weight is 520 g/mol. The number of phenolic OH excluding ortho intramolecular Hbond substituents is 1. The van der Waals surface area contributed by atoms with Gasteiger partial charge in [-0.2, -0.15) is 0 Å². The molecule has 1 saturated heterocycles. The fourth-order valence-electron chi connectivity index (χ4n) is 6.25. The fraction of sp³-hybridized carbons (Fsp3) is 0.286. The molecule has 36 heavy (non-hydrogen) atoms. The number of hydrogen-bond donors (Lipinski definition) is 1. The molecule has 1 aromatic heterocycles. The molecular weight excluding hydrogens is 498 g/mol. The SMILES string of the molecule is CC1=CC(=O)C2=C(C1=O)C(c1ccc(O)cc1Cl)C1=CCC3C(=O)N(Cc4cccs4)C(=O)C3C1C2. The summed E-state index contributed by atoms with van der Waals surface area (Å²) < 4.78 is 0. The van der Waals surface area contributed by atoms with Gasteiger partial charge >= 0.3 is 0 Å². The van der Waals surface area contributed by atoms with Crippen molar-refractivity contribution in [2.75, 3.05) is 0 Å². The molecule has 6 rings (SSSR count). The lowest BCUT2D eigenvalue weighted by Gasteiger charge is -2.42. The van der Waals surface area contributed by atoms with E-state index in [0.29, 0.717) is 28.7 Å². The van der Waals surface area contributed by atoms with Crippen LogP contribution in [-0.4, -0.2) is 33.4 Å². The first-order chi connectivity index (χ1) is 17.3. The highest BCUT2D eigenvalue weighted by Gasteiger charge is 2.56. The van der Waals surface area contributed by atoms with Crippen molar-refractivity contribution < 1.29 is 24.3 Å². The maximum atomic E-state index is 13.7. The molecule has 4 aliphatic rings. The van der Waals surface area contributed by atoms with Crippen molar-refractivity contribution in [3.05, 3.63) is 85.6 Å². The molecular formula is C28H22ClNO5S. The van der Waals surface area contributed by atoms with Gasteiger partial charge < -0.3 is 5.11 Å². The molecule has 1 fully saturated rings. The van der Waals surface area contributed by atoms with Crippen molar-refractivity contribution in [3.63, 3.8) is 0 Å². The zero-order valence-electron chi connectivity index (χ0n) is 19.4. The molecule has 4 unspecified atom stereocenters. The van der Waals surface area contributed by atoms with Crippen LogP contribution < -0.4 is 0 Å². The standard InChI is InChI=1S/C28H22ClNO5S/c1-13-9-22(32)20-11-19-16(23(25(20)26(13)33)17-5-4-14(31)10-21(17)29)6-7-18-24(19)28(35)30(27(18)34)12-15-3-2-8-36-15/h2-6,8-10,18-19,23-24,31H,7,11-12H2,1H3. The van der Waals surface area contributed by atoms with Gasteiger partial charge in [-0.3, -0.25) is 24.1 Å². The molecule has 8 heteroatoms. The van der Waals surface area contributed by atoms with Crippen LogP contribution in [0.5, 0.6) is 5.75 Å². The van der Waals surface area contributed by atoms with Crippen LogP contribution in [0.2, 0.25) is 5.02 Å². The summed E-state index contributed by atoms with van der Waals surface area (Å²) in [5.74, 6) is -2.98. The lowest BCUT2D eigenvalue weighted by molar-refractivity contribution is -0.140. The van der Waals surface area contributed by atoms with E-state index in [2.05, 4.69) is 0 Å². The van der Waals surface area contributed by atoms with Gasteiger partial charge in [0.25, 0.3) is 0 Å². The summed E-state index contributed by atoms with van der Waals surface area (Å²) in [6.07, 6.45) is 3.94. The molecule has 0 radical (unpaired) electrons. The van der Waals surface area contributed by atoms with E-state index in [0.717, 1.165) is 10.5 Å². The van der Waals surface area contributed by atoms with Gasteiger partial charge in [0.15, 0.2) is 11.6 Å². The predicted molar refractivity (Wildman–Crippen MR) is 134 cm³/mol. The van der Waals surface area contributed by atoms with Gasteiger partial charge in [0.05, 0.1) is 18.4 Å². The molecule has 0 spiro atoms. The van der Waals surface area contributed by atoms with Gasteiger partial charge in [-0.05, 0) is 60.9 Å². The third kappa shape index (κ3) is 3.37. The first kappa shape index (κ1) is 23.1. The van der Waals surface area contributed by atoms with Gasteiger partial charge in [-0.25, -0.2) is 0 Å². The number of imide groups is 1. The Morgan fingerprint density at radius 2 is 1.92 bits per heavy atom. The van der Waals surface area contributed by atoms with Crippen LogP contribution in [0.25, 0.3) is 0 Å². The molecule has 0 bridgehead atoms. The second-order valence-electron chi connectivity index (χ2n) is 9.78. The number of benzene rings is 1. The molecule has 2 heterocycles. The number of halogens is 1. The maximum absolute atomic E-state index is 13.7. The summed E-state index contributed by atoms with van der Waals surface area (Å²) in [5, 5.41) is 12.1. The van der Waals surface area contributed by atoms with E-state index in [9.17, 15) is 24.3 Å². The first-order valence-corrected chi connectivity index (χ1v) is 13.1. The average Bonchev–Trinajstić information content (AvgIpc) is 3.44. The van der Waals surface area contributed by atoms with Crippen LogP contribution in [0.4, 0.5) is 0 Å². The van der Waals surface area contributed by atoms with E-state index in [1.54, 1.807) is 13.0 Å². The van der Waals surface area contributed by atoms with Crippen LogP contribution in [0, 0.1) is 17.8 Å². The van der Waals surface area contributed by atoms with Crippen LogP contribution >= 0.6 is 22.9 Å². The molecule has 3 aliphatic carbocycles. The number of allylic oxidation sites excluding steroid dienone is 6. The summed E-state index contributed by atoms with van der Waals surface area (Å²) in [4.78, 5) is 55.8. The van der Waals surface area contributed by atoms with Crippen molar-refractivity contribution in [3.8, 4) is 5.75 Å². The van der Waals surface area contributed by atoms with E-state index < -0.39 is 23.7 Å². The topological polar surface area (TPSA) is 91.8 Å². The Morgan fingerprint density at radius 1 is 1.11 bits per heavy atom. The lowest BCUT2D eigenvalue weighted by Crippen LogP contribution is -2.39. The Hall–Kier alpha value is -3.29. The molecule has 4 atom stereocenters. The Labute approximate surface area is 216 Å². The Kier molecular flexibility index (Phi) is 5.39. The number of carbonyl (C=O) groups is 4. The molecule has 1 N–H and O–H groups in total. The number of Topliss-reactive ketones (excluding diaryl/α,β-unsaturated/α-hetero) is 1. The third-order valence-corrected chi connectivity index (χ3v) is 9.03. The van der Waals surface area contributed by atoms with Gasteiger partial charge in [0.1, 0.15) is 5.75 Å². The number of hydrogen-bond acceptors (Lipinski definition) is 6. The van der Waals surface area contributed by atoms with Crippen molar-refractivity contribution >= 4 is 46.3 Å². The Morgan fingerprint density at radius 3 is 2.64 bits per heavy atom. The number of fused-ring (bicyclic) bond motifs is 3. The number of aromatic hydroxyl groups is 1. The van der Waals surface area contributed by atoms with E-state index >= 15 is 0 Å². The summed E-state index contributed by atoms with van der Waals surface area (Å²) >= 11 is 8.06. The van der Waals surface area contributed by atoms with E-state index in [4.69, 9.17) is 11.6 Å². The van der Waals surface area contributed by atoms with Crippen molar-refractivity contribution in [2.45, 2.75) is 32.2 Å². The van der Waals surface area contributed by atoms with E-state index in [1.165, 1.54) is 34.4 Å². The number of thiophene rings is 1. The molecule has 6 nitrogen and oxygen atoms in total. The van der Waals surface area contributed by atoms with Crippen LogP contribution in [0.1, 0.15) is 36.1 Å². The number of nitrogens with zero attached hydrogens (tertiary/aromatic N) is 1. The van der Waals surface area contributed by atoms with Crippen LogP contribution in [0.3, 0.4) is 0 Å². The largest absolute Gasteiger partial charge is 0.508 e. The zero-order chi connectivity index (χ0) is 25.3. The minimum absolute atomic E-state index is 0.00842. The monoisotopic (exact) mass is 519 g/mol. The van der Waals surface area contributed by atoms with Gasteiger partial charge in [0, 0.05) is 32.5 Å². The van der Waals surface area contributed by atoms with Gasteiger partial charge in [-0.1, -0.05) is 35.4 Å². The number of ketones is 2. The minimum atomic E-state index is -0.623. The number of rotatable bonds is 3. The summed E-state index contributed by atoms with van der Waals surface area (Å²) in [7, 11) is 0. The minimum Gasteiger partial charge on any atom is -0.508 e. The summed E-state index contributed by atoms with van der Waals surface area (Å²) in [6, 6.07) is 8.37. The van der Waals surface area contributed by atoms with Gasteiger partial charge in [0.2, 0.25) is 11.8 Å². The van der Waals surface area contributed by atoms with E-state index in [1.807, 2.05) is 23.6 Å². The number of phenols is 1. The molecule has 1 aromatic carbocycles. The number of likely N-dealkylation sites (tertiary alicyclic amines) is 1. The van der Waals surface area contributed by atoms with Crippen molar-refractivity contribution in [2.24, 2.45) is 17.8 Å². The molecule has 2 amide bonds. The highest BCUT2D eigenvalue weighted by atomic mass is 35.5. The quantitative estimate of drug-likeness (QED) is 0.359. The second-order valence-corrected chi connectivity index (χ2v) is 11.2. The van der Waals surface area contributed by atoms with E-state index in [-0.39, 0.29) is 47.1 Å². The third-order valence-electron chi connectivity index (χ3n) is 7.85. The highest BCUT2D eigenvalue weighted by Crippen LogP contribution is 2.56. The van der Waals surface area contributed by atoms with Crippen LogP contribution in [-0.2, 0) is 25.7 Å². The summed E-state index contributed by atoms with van der Waals surface area (Å²) in [6.45, 7) is 1.86. The predicted octanol–water partition coefficient (Wildman–Crippen LogP) is 4.74. The van der Waals surface area contributed by atoms with Crippen molar-refractivity contribution in [1.29, 1.82) is 0 Å². The lowest BCUT2D eigenvalue weighted by atomic mass is 9.59. The molecule has 2 aromatic rings. The Bertz CT molecular complexity index is 1450. The van der Waals surface area contributed by atoms with Gasteiger partial charge in [-0.15, -0.1) is 11.3 Å². The first-order valence-electron chi connectivity index (χ1n) is 11.8. The second kappa shape index (κ2) is 8.39. The maximum Gasteiger partial charge on any atom is 0.234 e. The number of carbonyl (C=O) groups excluding carboxylic acids is 4.